The Morgan fingerprint density at radius 3 is 2.31 bits per heavy atom. The molecule has 8 heteroatoms. The Morgan fingerprint density at radius 2 is 1.72 bits per heavy atom. The van der Waals surface area contributed by atoms with Crippen molar-refractivity contribution in [3.8, 4) is 6.07 Å². The maximum Gasteiger partial charge on any atom is 0.329 e. The first-order valence-electron chi connectivity index (χ1n) is 9.72. The standard InChI is InChI=1S/C21H23N3O5/c1-12(24-19(26)15-8-4-5-9-16(15)20(24)27)21(28)29-13(2)18(25)23-17-10-6-3-7-14(17)11-22/h3,6-7,10,12-13,15-16H,4-5,8-9H2,1-2H3,(H,23,25)/t12-,13-,15-,16-/m0/s1. The lowest BCUT2D eigenvalue weighted by atomic mass is 9.81. The largest absolute Gasteiger partial charge is 0.451 e. The lowest BCUT2D eigenvalue weighted by Crippen LogP contribution is -2.46. The van der Waals surface area contributed by atoms with Crippen molar-refractivity contribution in [2.24, 2.45) is 11.8 Å². The molecule has 1 aromatic rings. The third kappa shape index (κ3) is 3.99. The van der Waals surface area contributed by atoms with Gasteiger partial charge >= 0.3 is 5.97 Å². The van der Waals surface area contributed by atoms with E-state index in [-0.39, 0.29) is 29.2 Å². The summed E-state index contributed by atoms with van der Waals surface area (Å²) < 4.78 is 5.20. The minimum atomic E-state index is -1.16. The normalized spacial score (nSPS) is 23.0. The molecule has 3 amide bonds. The van der Waals surface area contributed by atoms with Crippen molar-refractivity contribution in [3.63, 3.8) is 0 Å². The molecule has 3 rings (SSSR count). The van der Waals surface area contributed by atoms with E-state index >= 15 is 0 Å². The van der Waals surface area contributed by atoms with Gasteiger partial charge < -0.3 is 10.1 Å². The van der Waals surface area contributed by atoms with Crippen LogP contribution in [0.25, 0.3) is 0 Å². The van der Waals surface area contributed by atoms with Crippen LogP contribution in [0.5, 0.6) is 0 Å². The second-order valence-electron chi connectivity index (χ2n) is 7.45. The first kappa shape index (κ1) is 20.5. The van der Waals surface area contributed by atoms with Gasteiger partial charge in [0, 0.05) is 0 Å². The van der Waals surface area contributed by atoms with E-state index in [1.165, 1.54) is 13.8 Å². The van der Waals surface area contributed by atoms with Gasteiger partial charge in [-0.15, -0.1) is 0 Å². The van der Waals surface area contributed by atoms with Crippen LogP contribution in [-0.2, 0) is 23.9 Å². The third-order valence-corrected chi connectivity index (χ3v) is 5.57. The highest BCUT2D eigenvalue weighted by atomic mass is 16.5. The van der Waals surface area contributed by atoms with Crippen LogP contribution in [0.1, 0.15) is 45.1 Å². The fourth-order valence-corrected chi connectivity index (χ4v) is 3.93. The summed E-state index contributed by atoms with van der Waals surface area (Å²) in [6.07, 6.45) is 1.95. The number of hydrogen-bond donors (Lipinski definition) is 1. The number of carbonyl (C=O) groups is 4. The van der Waals surface area contributed by atoms with E-state index in [9.17, 15) is 19.2 Å². The Morgan fingerprint density at radius 1 is 1.14 bits per heavy atom. The minimum Gasteiger partial charge on any atom is -0.451 e. The molecule has 1 saturated heterocycles. The number of nitrogens with one attached hydrogen (secondary N) is 1. The van der Waals surface area contributed by atoms with Gasteiger partial charge in [-0.25, -0.2) is 4.79 Å². The van der Waals surface area contributed by atoms with Gasteiger partial charge in [0.2, 0.25) is 11.8 Å². The van der Waals surface area contributed by atoms with Crippen molar-refractivity contribution >= 4 is 29.4 Å². The van der Waals surface area contributed by atoms with Crippen LogP contribution in [0.2, 0.25) is 0 Å². The fraction of sp³-hybridized carbons (Fsp3) is 0.476. The number of esters is 1. The number of ether oxygens (including phenoxy) is 1. The molecule has 0 bridgehead atoms. The first-order valence-corrected chi connectivity index (χ1v) is 9.72. The van der Waals surface area contributed by atoms with Crippen LogP contribution in [0.4, 0.5) is 5.69 Å². The van der Waals surface area contributed by atoms with Crippen molar-refractivity contribution in [3.05, 3.63) is 29.8 Å². The van der Waals surface area contributed by atoms with Gasteiger partial charge in [-0.1, -0.05) is 25.0 Å². The van der Waals surface area contributed by atoms with Gasteiger partial charge in [-0.3, -0.25) is 19.3 Å². The second kappa shape index (κ2) is 8.43. The van der Waals surface area contributed by atoms with Crippen molar-refractivity contribution < 1.29 is 23.9 Å². The van der Waals surface area contributed by atoms with Crippen LogP contribution in [-0.4, -0.2) is 40.7 Å². The molecular weight excluding hydrogens is 374 g/mol. The number of rotatable bonds is 5. The first-order chi connectivity index (χ1) is 13.8. The zero-order valence-corrected chi connectivity index (χ0v) is 16.4. The van der Waals surface area contributed by atoms with Gasteiger partial charge in [0.05, 0.1) is 23.1 Å². The van der Waals surface area contributed by atoms with Gasteiger partial charge in [0.1, 0.15) is 12.1 Å². The lowest BCUT2D eigenvalue weighted by Gasteiger charge is -2.23. The number of anilines is 1. The number of carbonyl (C=O) groups excluding carboxylic acids is 4. The van der Waals surface area contributed by atoms with E-state index in [0.29, 0.717) is 18.5 Å². The summed E-state index contributed by atoms with van der Waals surface area (Å²) in [4.78, 5) is 51.1. The molecule has 8 nitrogen and oxygen atoms in total. The Hall–Kier alpha value is -3.21. The molecule has 2 fully saturated rings. The molecule has 1 saturated carbocycles. The monoisotopic (exact) mass is 397 g/mol. The van der Waals surface area contributed by atoms with Gasteiger partial charge in [0.15, 0.2) is 6.10 Å². The number of fused-ring (bicyclic) bond motifs is 1. The molecule has 1 aliphatic heterocycles. The molecular formula is C21H23N3O5. The van der Waals surface area contributed by atoms with E-state index in [1.807, 2.05) is 6.07 Å². The van der Waals surface area contributed by atoms with Crippen molar-refractivity contribution in [2.75, 3.05) is 5.32 Å². The number of nitriles is 1. The van der Waals surface area contributed by atoms with E-state index in [4.69, 9.17) is 10.00 Å². The van der Waals surface area contributed by atoms with Gasteiger partial charge in [0.25, 0.3) is 5.91 Å². The minimum absolute atomic E-state index is 0.281. The van der Waals surface area contributed by atoms with Gasteiger partial charge in [-0.2, -0.15) is 5.26 Å². The second-order valence-corrected chi connectivity index (χ2v) is 7.45. The van der Waals surface area contributed by atoms with Crippen LogP contribution in [0, 0.1) is 23.2 Å². The smallest absolute Gasteiger partial charge is 0.329 e. The maximum atomic E-state index is 12.6. The van der Waals surface area contributed by atoms with Crippen molar-refractivity contribution in [1.29, 1.82) is 5.26 Å². The highest BCUT2D eigenvalue weighted by Gasteiger charge is 2.51. The summed E-state index contributed by atoms with van der Waals surface area (Å²) in [5.74, 6) is -2.79. The zero-order valence-electron chi connectivity index (χ0n) is 16.4. The summed E-state index contributed by atoms with van der Waals surface area (Å²) in [5, 5.41) is 11.6. The summed E-state index contributed by atoms with van der Waals surface area (Å²) in [5.41, 5.74) is 0.591. The number of hydrogen-bond acceptors (Lipinski definition) is 6. The lowest BCUT2D eigenvalue weighted by molar-refractivity contribution is -0.163. The summed E-state index contributed by atoms with van der Waals surface area (Å²) in [6, 6.07) is 7.32. The molecule has 152 valence electrons. The average Bonchev–Trinajstić information content (AvgIpc) is 2.98. The summed E-state index contributed by atoms with van der Waals surface area (Å²) in [7, 11) is 0. The molecule has 0 spiro atoms. The zero-order chi connectivity index (χ0) is 21.1. The van der Waals surface area contributed by atoms with E-state index < -0.39 is 24.0 Å². The van der Waals surface area contributed by atoms with Crippen LogP contribution >= 0.6 is 0 Å². The molecule has 4 atom stereocenters. The van der Waals surface area contributed by atoms with Crippen LogP contribution in [0.15, 0.2) is 24.3 Å². The summed E-state index contributed by atoms with van der Waals surface area (Å²) in [6.45, 7) is 2.83. The van der Waals surface area contributed by atoms with E-state index in [1.54, 1.807) is 24.3 Å². The third-order valence-electron chi connectivity index (χ3n) is 5.57. The quantitative estimate of drug-likeness (QED) is 0.600. The number of para-hydroxylation sites is 1. The number of nitrogens with zero attached hydrogens (tertiary/aromatic N) is 2. The SMILES string of the molecule is C[C@H](OC(=O)[C@H](C)N1C(=O)[C@H]2CCCC[C@@H]2C1=O)C(=O)Nc1ccccc1C#N. The van der Waals surface area contributed by atoms with Crippen LogP contribution < -0.4 is 5.32 Å². The van der Waals surface area contributed by atoms with E-state index in [0.717, 1.165) is 17.7 Å². The molecule has 1 aliphatic carbocycles. The Kier molecular flexibility index (Phi) is 5.97. The number of imide groups is 1. The molecule has 1 N–H and O–H groups in total. The van der Waals surface area contributed by atoms with Crippen LogP contribution in [0.3, 0.4) is 0 Å². The van der Waals surface area contributed by atoms with Crippen molar-refractivity contribution in [1.82, 2.24) is 4.90 Å². The number of likely N-dealkylation sites (tertiary alicyclic amines) is 1. The molecule has 29 heavy (non-hydrogen) atoms. The predicted octanol–water partition coefficient (Wildman–Crippen LogP) is 1.99. The molecule has 0 unspecified atom stereocenters. The fourth-order valence-electron chi connectivity index (χ4n) is 3.93. The van der Waals surface area contributed by atoms with Gasteiger partial charge in [-0.05, 0) is 38.8 Å². The topological polar surface area (TPSA) is 117 Å². The summed E-state index contributed by atoms with van der Waals surface area (Å²) >= 11 is 0. The molecule has 2 aliphatic rings. The maximum absolute atomic E-state index is 12.6. The predicted molar refractivity (Wildman–Crippen MR) is 102 cm³/mol. The molecule has 1 aromatic carbocycles. The molecule has 0 radical (unpaired) electrons. The van der Waals surface area contributed by atoms with E-state index in [2.05, 4.69) is 5.32 Å². The Bertz CT molecular complexity index is 867. The van der Waals surface area contributed by atoms with Crippen molar-refractivity contribution in [2.45, 2.75) is 51.7 Å². The number of benzene rings is 1. The molecule has 0 aromatic heterocycles. The number of amides is 3. The highest BCUT2D eigenvalue weighted by molar-refractivity contribution is 6.08. The molecule has 1 heterocycles. The Labute approximate surface area is 168 Å². The average molecular weight is 397 g/mol. The Balaban J connectivity index is 1.63. The highest BCUT2D eigenvalue weighted by Crippen LogP contribution is 2.38.